The minimum atomic E-state index is -0.460. The zero-order valence-corrected chi connectivity index (χ0v) is 8.02. The van der Waals surface area contributed by atoms with Gasteiger partial charge in [-0.3, -0.25) is 0 Å². The molecular weight excluding hydrogens is 186 g/mol. The number of nitrogens with zero attached hydrogens (tertiary/aromatic N) is 1. The van der Waals surface area contributed by atoms with Crippen molar-refractivity contribution in [2.45, 2.75) is 0 Å². The Bertz CT molecular complexity index is 313. The molecule has 0 saturated carbocycles. The number of carbonyl (C=O) groups is 1. The van der Waals surface area contributed by atoms with Crippen LogP contribution in [0.3, 0.4) is 0 Å². The maximum Gasteiger partial charge on any atom is 0.343 e. The number of methoxy groups -OCH3 is 2. The zero-order chi connectivity index (χ0) is 10.4. The lowest BCUT2D eigenvalue weighted by atomic mass is 10.4. The van der Waals surface area contributed by atoms with Crippen LogP contribution in [-0.4, -0.2) is 31.8 Å². The van der Waals surface area contributed by atoms with Crippen molar-refractivity contribution in [3.05, 3.63) is 18.3 Å². The average molecular weight is 197 g/mol. The summed E-state index contributed by atoms with van der Waals surface area (Å²) in [4.78, 5) is 14.7. The van der Waals surface area contributed by atoms with Crippen LogP contribution < -0.4 is 9.47 Å². The van der Waals surface area contributed by atoms with E-state index in [-0.39, 0.29) is 12.5 Å². The first-order valence-corrected chi connectivity index (χ1v) is 3.96. The highest BCUT2D eigenvalue weighted by molar-refractivity contribution is 5.70. The highest BCUT2D eigenvalue weighted by Crippen LogP contribution is 2.22. The molecule has 14 heavy (non-hydrogen) atoms. The summed E-state index contributed by atoms with van der Waals surface area (Å²) < 4.78 is 14.5. The quantitative estimate of drug-likeness (QED) is 0.663. The lowest BCUT2D eigenvalue weighted by Crippen LogP contribution is -2.13. The molecule has 0 aliphatic carbocycles. The number of ether oxygens (including phenoxy) is 3. The minimum absolute atomic E-state index is 0.177. The molecule has 0 radical (unpaired) electrons. The van der Waals surface area contributed by atoms with E-state index in [9.17, 15) is 4.79 Å². The number of hydrogen-bond donors (Lipinski definition) is 0. The van der Waals surface area contributed by atoms with Gasteiger partial charge < -0.3 is 14.2 Å². The fourth-order valence-corrected chi connectivity index (χ4v) is 0.826. The van der Waals surface area contributed by atoms with Gasteiger partial charge in [-0.05, 0) is 12.1 Å². The van der Waals surface area contributed by atoms with E-state index >= 15 is 0 Å². The van der Waals surface area contributed by atoms with E-state index in [1.165, 1.54) is 14.2 Å². The molecule has 0 fully saturated rings. The molecule has 0 atom stereocenters. The maximum atomic E-state index is 10.8. The molecule has 5 heteroatoms. The largest absolute Gasteiger partial charge is 0.491 e. The van der Waals surface area contributed by atoms with Crippen LogP contribution >= 0.6 is 0 Å². The molecule has 0 spiro atoms. The Balaban J connectivity index is 2.61. The van der Waals surface area contributed by atoms with E-state index < -0.39 is 5.97 Å². The van der Waals surface area contributed by atoms with E-state index in [4.69, 9.17) is 9.47 Å². The van der Waals surface area contributed by atoms with Gasteiger partial charge in [0.15, 0.2) is 12.4 Å². The first-order valence-electron chi connectivity index (χ1n) is 3.96. The summed E-state index contributed by atoms with van der Waals surface area (Å²) in [5.74, 6) is 0.300. The van der Waals surface area contributed by atoms with Gasteiger partial charge in [-0.2, -0.15) is 0 Å². The fraction of sp³-hybridized carbons (Fsp3) is 0.333. The predicted molar refractivity (Wildman–Crippen MR) is 48.3 cm³/mol. The van der Waals surface area contributed by atoms with Gasteiger partial charge in [0.2, 0.25) is 0 Å². The first-order chi connectivity index (χ1) is 6.77. The normalized spacial score (nSPS) is 9.29. The average Bonchev–Trinajstić information content (AvgIpc) is 2.26. The Morgan fingerprint density at radius 3 is 2.93 bits per heavy atom. The zero-order valence-electron chi connectivity index (χ0n) is 8.02. The number of pyridine rings is 1. The molecule has 1 aromatic rings. The SMILES string of the molecule is COC(=O)COc1ncccc1OC. The van der Waals surface area contributed by atoms with Gasteiger partial charge in [0.05, 0.1) is 14.2 Å². The van der Waals surface area contributed by atoms with Crippen molar-refractivity contribution in [1.82, 2.24) is 4.98 Å². The summed E-state index contributed by atoms with van der Waals surface area (Å²) in [6.07, 6.45) is 1.55. The Kier molecular flexibility index (Phi) is 3.72. The van der Waals surface area contributed by atoms with Crippen molar-refractivity contribution in [3.63, 3.8) is 0 Å². The van der Waals surface area contributed by atoms with Gasteiger partial charge in [0.25, 0.3) is 5.88 Å². The van der Waals surface area contributed by atoms with Crippen molar-refractivity contribution in [3.8, 4) is 11.6 Å². The molecule has 1 rings (SSSR count). The van der Waals surface area contributed by atoms with E-state index in [0.29, 0.717) is 5.75 Å². The maximum absolute atomic E-state index is 10.8. The summed E-state index contributed by atoms with van der Waals surface area (Å²) in [6, 6.07) is 3.41. The van der Waals surface area contributed by atoms with Gasteiger partial charge >= 0.3 is 5.97 Å². The van der Waals surface area contributed by atoms with Crippen molar-refractivity contribution in [2.24, 2.45) is 0 Å². The number of hydrogen-bond acceptors (Lipinski definition) is 5. The fourth-order valence-electron chi connectivity index (χ4n) is 0.826. The summed E-state index contributed by atoms with van der Waals surface area (Å²) in [6.45, 7) is -0.177. The molecular formula is C9H11NO4. The van der Waals surface area contributed by atoms with E-state index in [1.54, 1.807) is 18.3 Å². The standard InChI is InChI=1S/C9H11NO4/c1-12-7-4-3-5-10-9(7)14-6-8(11)13-2/h3-5H,6H2,1-2H3. The molecule has 76 valence electrons. The highest BCUT2D eigenvalue weighted by atomic mass is 16.6. The van der Waals surface area contributed by atoms with E-state index in [2.05, 4.69) is 9.72 Å². The van der Waals surface area contributed by atoms with Crippen molar-refractivity contribution in [1.29, 1.82) is 0 Å². The van der Waals surface area contributed by atoms with Crippen LogP contribution in [-0.2, 0) is 9.53 Å². The second-order valence-corrected chi connectivity index (χ2v) is 2.38. The third kappa shape index (κ3) is 2.62. The summed E-state index contributed by atoms with van der Waals surface area (Å²) in [5, 5.41) is 0. The molecule has 0 N–H and O–H groups in total. The van der Waals surface area contributed by atoms with Crippen LogP contribution in [0.4, 0.5) is 0 Å². The summed E-state index contributed by atoms with van der Waals surface area (Å²) >= 11 is 0. The van der Waals surface area contributed by atoms with E-state index in [1.807, 2.05) is 0 Å². The molecule has 1 heterocycles. The second kappa shape index (κ2) is 5.06. The van der Waals surface area contributed by atoms with Gasteiger partial charge in [-0.1, -0.05) is 0 Å². The molecule has 0 aliphatic rings. The third-order valence-electron chi connectivity index (χ3n) is 1.51. The van der Waals surface area contributed by atoms with Crippen LogP contribution in [0.5, 0.6) is 11.6 Å². The number of rotatable bonds is 4. The van der Waals surface area contributed by atoms with Crippen LogP contribution in [0.25, 0.3) is 0 Å². The monoisotopic (exact) mass is 197 g/mol. The Morgan fingerprint density at radius 2 is 2.29 bits per heavy atom. The summed E-state index contributed by atoms with van der Waals surface area (Å²) in [5.41, 5.74) is 0. The number of aromatic nitrogens is 1. The van der Waals surface area contributed by atoms with Crippen LogP contribution in [0.1, 0.15) is 0 Å². The van der Waals surface area contributed by atoms with Crippen molar-refractivity contribution in [2.75, 3.05) is 20.8 Å². The Hall–Kier alpha value is -1.78. The highest BCUT2D eigenvalue weighted by Gasteiger charge is 2.07. The molecule has 0 bridgehead atoms. The lowest BCUT2D eigenvalue weighted by molar-refractivity contribution is -0.143. The van der Waals surface area contributed by atoms with Gasteiger partial charge in [0, 0.05) is 6.20 Å². The molecule has 0 unspecified atom stereocenters. The lowest BCUT2D eigenvalue weighted by Gasteiger charge is -2.07. The van der Waals surface area contributed by atoms with Crippen LogP contribution in [0.2, 0.25) is 0 Å². The molecule has 0 saturated heterocycles. The Labute approximate surface area is 81.6 Å². The number of carbonyl (C=O) groups excluding carboxylic acids is 1. The Morgan fingerprint density at radius 1 is 1.50 bits per heavy atom. The third-order valence-corrected chi connectivity index (χ3v) is 1.51. The van der Waals surface area contributed by atoms with Crippen LogP contribution in [0.15, 0.2) is 18.3 Å². The molecule has 0 aromatic carbocycles. The van der Waals surface area contributed by atoms with Crippen molar-refractivity contribution >= 4 is 5.97 Å². The first kappa shape index (κ1) is 10.3. The second-order valence-electron chi connectivity index (χ2n) is 2.38. The predicted octanol–water partition coefficient (Wildman–Crippen LogP) is 0.642. The van der Waals surface area contributed by atoms with Gasteiger partial charge in [0.1, 0.15) is 0 Å². The number of esters is 1. The van der Waals surface area contributed by atoms with Gasteiger partial charge in [-0.15, -0.1) is 0 Å². The summed E-state index contributed by atoms with van der Waals surface area (Å²) in [7, 11) is 2.80. The molecule has 1 aromatic heterocycles. The van der Waals surface area contributed by atoms with Gasteiger partial charge in [-0.25, -0.2) is 9.78 Å². The van der Waals surface area contributed by atoms with Crippen molar-refractivity contribution < 1.29 is 19.0 Å². The minimum Gasteiger partial charge on any atom is -0.491 e. The van der Waals surface area contributed by atoms with Crippen LogP contribution in [0, 0.1) is 0 Å². The molecule has 0 aliphatic heterocycles. The molecule has 5 nitrogen and oxygen atoms in total. The smallest absolute Gasteiger partial charge is 0.343 e. The topological polar surface area (TPSA) is 57.7 Å². The van der Waals surface area contributed by atoms with E-state index in [0.717, 1.165) is 0 Å². The molecule has 0 amide bonds.